The van der Waals surface area contributed by atoms with Gasteiger partial charge in [0.15, 0.2) is 11.2 Å². The zero-order valence-corrected chi connectivity index (χ0v) is 13.1. The highest BCUT2D eigenvalue weighted by molar-refractivity contribution is 5.87. The number of nitrogens with zero attached hydrogens (tertiary/aromatic N) is 6. The van der Waals surface area contributed by atoms with E-state index in [4.69, 9.17) is 0 Å². The maximum absolute atomic E-state index is 12.8. The van der Waals surface area contributed by atoms with Gasteiger partial charge in [0.1, 0.15) is 0 Å². The highest BCUT2D eigenvalue weighted by atomic mass is 16.2. The lowest BCUT2D eigenvalue weighted by Gasteiger charge is -2.20. The Morgan fingerprint density at radius 2 is 2.00 bits per heavy atom. The number of hydrogen-bond donors (Lipinski definition) is 0. The van der Waals surface area contributed by atoms with Gasteiger partial charge in [-0.3, -0.25) is 18.5 Å². The van der Waals surface area contributed by atoms with Crippen LogP contribution in [0.25, 0.3) is 11.2 Å². The zero-order chi connectivity index (χ0) is 16.2. The predicted octanol–water partition coefficient (Wildman–Crippen LogP) is 0.298. The number of aromatic nitrogens is 4. The van der Waals surface area contributed by atoms with Crippen molar-refractivity contribution in [1.29, 1.82) is 0 Å². The van der Waals surface area contributed by atoms with E-state index < -0.39 is 5.69 Å². The molecule has 0 atom stereocenters. The predicted molar refractivity (Wildman–Crippen MR) is 85.6 cm³/mol. The van der Waals surface area contributed by atoms with E-state index in [-0.39, 0.29) is 12.1 Å². The molecular weight excluding hydrogens is 284 g/mol. The van der Waals surface area contributed by atoms with Gasteiger partial charge in [-0.05, 0) is 13.8 Å². The molecule has 0 spiro atoms. The van der Waals surface area contributed by atoms with Crippen molar-refractivity contribution < 1.29 is 0 Å². The quantitative estimate of drug-likeness (QED) is 0.748. The van der Waals surface area contributed by atoms with Gasteiger partial charge < -0.3 is 0 Å². The summed E-state index contributed by atoms with van der Waals surface area (Å²) in [6.45, 7) is 8.14. The van der Waals surface area contributed by atoms with Crippen molar-refractivity contribution in [3.63, 3.8) is 0 Å². The minimum atomic E-state index is -0.392. The smallest absolute Gasteiger partial charge is 0.297 e. The summed E-state index contributed by atoms with van der Waals surface area (Å²) in [7, 11) is 3.39. The number of anilines is 1. The summed E-state index contributed by atoms with van der Waals surface area (Å²) in [6, 6.07) is 0. The molecule has 0 aliphatic carbocycles. The maximum Gasteiger partial charge on any atom is 0.332 e. The van der Waals surface area contributed by atoms with Gasteiger partial charge in [-0.2, -0.15) is 10.1 Å². The molecule has 1 aliphatic heterocycles. The largest absolute Gasteiger partial charge is 0.332 e. The van der Waals surface area contributed by atoms with Crippen molar-refractivity contribution in [2.24, 2.45) is 12.1 Å². The average molecular weight is 302 g/mol. The molecule has 0 fully saturated rings. The number of rotatable bonds is 2. The number of fused-ring (bicyclic) bond motifs is 3. The molecule has 1 aliphatic rings. The zero-order valence-electron chi connectivity index (χ0n) is 13.1. The van der Waals surface area contributed by atoms with Crippen molar-refractivity contribution in [2.75, 3.05) is 12.1 Å². The number of hydrazone groups is 1. The van der Waals surface area contributed by atoms with E-state index in [9.17, 15) is 9.59 Å². The third-order valence-electron chi connectivity index (χ3n) is 3.64. The second kappa shape index (κ2) is 4.69. The summed E-state index contributed by atoms with van der Waals surface area (Å²) < 4.78 is 4.39. The molecule has 0 radical (unpaired) electrons. The van der Waals surface area contributed by atoms with Crippen molar-refractivity contribution in [2.45, 2.75) is 26.9 Å². The SMILES string of the molecule is C=C(C)Cn1c(=O)c2c(nc3n2CC(C)=NN3C)n(C)c1=O. The number of allylic oxidation sites excluding steroid dienone is 1. The molecule has 0 unspecified atom stereocenters. The van der Waals surface area contributed by atoms with E-state index in [0.29, 0.717) is 23.7 Å². The van der Waals surface area contributed by atoms with Crippen LogP contribution in [0.5, 0.6) is 0 Å². The fourth-order valence-corrected chi connectivity index (χ4v) is 2.73. The van der Waals surface area contributed by atoms with Gasteiger partial charge in [0.05, 0.1) is 18.8 Å². The molecule has 3 heterocycles. The second-order valence-electron chi connectivity index (χ2n) is 5.72. The van der Waals surface area contributed by atoms with Crippen LogP contribution in [0.15, 0.2) is 26.8 Å². The third-order valence-corrected chi connectivity index (χ3v) is 3.64. The van der Waals surface area contributed by atoms with Gasteiger partial charge in [0.2, 0.25) is 5.95 Å². The Bertz CT molecular complexity index is 943. The highest BCUT2D eigenvalue weighted by Gasteiger charge is 2.24. The summed E-state index contributed by atoms with van der Waals surface area (Å²) >= 11 is 0. The van der Waals surface area contributed by atoms with Crippen LogP contribution in [0.4, 0.5) is 5.95 Å². The minimum absolute atomic E-state index is 0.199. The van der Waals surface area contributed by atoms with Gasteiger partial charge in [-0.1, -0.05) is 12.2 Å². The molecule has 22 heavy (non-hydrogen) atoms. The normalized spacial score (nSPS) is 14.2. The lowest BCUT2D eigenvalue weighted by Crippen LogP contribution is -2.40. The van der Waals surface area contributed by atoms with E-state index in [2.05, 4.69) is 16.7 Å². The Hall–Kier alpha value is -2.64. The Morgan fingerprint density at radius 1 is 1.32 bits per heavy atom. The van der Waals surface area contributed by atoms with Gasteiger partial charge >= 0.3 is 5.69 Å². The number of imidazole rings is 1. The van der Waals surface area contributed by atoms with Crippen molar-refractivity contribution >= 4 is 22.8 Å². The topological polar surface area (TPSA) is 77.4 Å². The molecule has 2 aromatic heterocycles. The number of aryl methyl sites for hydroxylation is 1. The fraction of sp³-hybridized carbons (Fsp3) is 0.429. The first kappa shape index (κ1) is 14.3. The summed E-state index contributed by atoms with van der Waals surface area (Å²) in [4.78, 5) is 29.6. The van der Waals surface area contributed by atoms with Crippen LogP contribution in [0.3, 0.4) is 0 Å². The molecule has 0 saturated heterocycles. The maximum atomic E-state index is 12.8. The van der Waals surface area contributed by atoms with Crippen LogP contribution in [-0.4, -0.2) is 31.4 Å². The number of hydrogen-bond acceptors (Lipinski definition) is 5. The standard InChI is InChI=1S/C14H18N6O2/c1-8(2)6-20-12(21)10-11(17(4)14(20)22)15-13-18(5)16-9(3)7-19(10)13/h1,6-7H2,2-5H3. The molecule has 8 nitrogen and oxygen atoms in total. The highest BCUT2D eigenvalue weighted by Crippen LogP contribution is 2.22. The molecule has 116 valence electrons. The van der Waals surface area contributed by atoms with Crippen LogP contribution in [-0.2, 0) is 20.1 Å². The Morgan fingerprint density at radius 3 is 2.64 bits per heavy atom. The summed E-state index contributed by atoms with van der Waals surface area (Å²) in [5.74, 6) is 0.556. The molecule has 8 heteroatoms. The van der Waals surface area contributed by atoms with E-state index in [1.54, 1.807) is 30.6 Å². The second-order valence-corrected chi connectivity index (χ2v) is 5.72. The van der Waals surface area contributed by atoms with Crippen molar-refractivity contribution in [3.05, 3.63) is 33.0 Å². The summed E-state index contributed by atoms with van der Waals surface area (Å²) in [5.41, 5.74) is 1.67. The van der Waals surface area contributed by atoms with E-state index in [1.807, 2.05) is 6.92 Å². The summed E-state index contributed by atoms with van der Waals surface area (Å²) in [5, 5.41) is 5.95. The Kier molecular flexibility index (Phi) is 3.05. The van der Waals surface area contributed by atoms with E-state index in [1.165, 1.54) is 9.13 Å². The molecule has 0 bridgehead atoms. The molecule has 0 saturated carbocycles. The van der Waals surface area contributed by atoms with Crippen molar-refractivity contribution in [1.82, 2.24) is 18.7 Å². The van der Waals surface area contributed by atoms with Crippen LogP contribution >= 0.6 is 0 Å². The lowest BCUT2D eigenvalue weighted by atomic mass is 10.3. The van der Waals surface area contributed by atoms with Crippen LogP contribution in [0, 0.1) is 0 Å². The molecule has 2 aromatic rings. The van der Waals surface area contributed by atoms with Gasteiger partial charge in [0, 0.05) is 14.1 Å². The van der Waals surface area contributed by atoms with Gasteiger partial charge in [-0.25, -0.2) is 9.80 Å². The molecule has 3 rings (SSSR count). The Labute approximate surface area is 126 Å². The van der Waals surface area contributed by atoms with Gasteiger partial charge in [-0.15, -0.1) is 0 Å². The Balaban J connectivity index is 2.42. The van der Waals surface area contributed by atoms with Crippen LogP contribution < -0.4 is 16.3 Å². The first-order chi connectivity index (χ1) is 10.3. The first-order valence-corrected chi connectivity index (χ1v) is 6.93. The first-order valence-electron chi connectivity index (χ1n) is 6.93. The molecule has 0 amide bonds. The summed E-state index contributed by atoms with van der Waals surface area (Å²) in [6.07, 6.45) is 0. The van der Waals surface area contributed by atoms with Gasteiger partial charge in [0.25, 0.3) is 5.56 Å². The lowest BCUT2D eigenvalue weighted by molar-refractivity contribution is 0.648. The van der Waals surface area contributed by atoms with Crippen molar-refractivity contribution in [3.8, 4) is 0 Å². The molecule has 0 N–H and O–H groups in total. The molecule has 0 aromatic carbocycles. The fourth-order valence-electron chi connectivity index (χ4n) is 2.73. The van der Waals surface area contributed by atoms with Crippen LogP contribution in [0.1, 0.15) is 13.8 Å². The average Bonchev–Trinajstić information content (AvgIpc) is 2.81. The minimum Gasteiger partial charge on any atom is -0.297 e. The third kappa shape index (κ3) is 1.91. The van der Waals surface area contributed by atoms with Crippen LogP contribution in [0.2, 0.25) is 0 Å². The van der Waals surface area contributed by atoms with E-state index in [0.717, 1.165) is 11.3 Å². The van der Waals surface area contributed by atoms with E-state index >= 15 is 0 Å². The molecular formula is C14H18N6O2. The monoisotopic (exact) mass is 302 g/mol.